The second-order valence-corrected chi connectivity index (χ2v) is 17.9. The first-order valence-electron chi connectivity index (χ1n) is 23.5. The molecule has 0 N–H and O–H groups in total. The minimum atomic E-state index is -0.221. The zero-order valence-electron chi connectivity index (χ0n) is 39.0. The number of anilines is 4. The second kappa shape index (κ2) is 20.1. The lowest BCUT2D eigenvalue weighted by molar-refractivity contribution is 0.548. The molecule has 9 rings (SSSR count). The summed E-state index contributed by atoms with van der Waals surface area (Å²) in [6.45, 7) is 9.35. The lowest BCUT2D eigenvalue weighted by atomic mass is 9.72. The summed E-state index contributed by atoms with van der Waals surface area (Å²) in [4.78, 5) is 4.62. The Kier molecular flexibility index (Phi) is 13.3. The van der Waals surface area contributed by atoms with Crippen molar-refractivity contribution in [3.05, 3.63) is 312 Å². The molecule has 0 aliphatic carbocycles. The van der Waals surface area contributed by atoms with Gasteiger partial charge in [-0.05, 0) is 99.5 Å². The van der Waals surface area contributed by atoms with Gasteiger partial charge in [0, 0.05) is 57.1 Å². The summed E-state index contributed by atoms with van der Waals surface area (Å²) < 4.78 is 0. The molecule has 0 radical (unpaired) electrons. The third-order valence-electron chi connectivity index (χ3n) is 13.5. The molecule has 0 amide bonds. The van der Waals surface area contributed by atoms with Gasteiger partial charge in [0.15, 0.2) is 0 Å². The molecule has 1 unspecified atom stereocenters. The van der Waals surface area contributed by atoms with E-state index < -0.39 is 0 Å². The minimum Gasteiger partial charge on any atom is -0.317 e. The summed E-state index contributed by atoms with van der Waals surface area (Å²) in [5, 5.41) is 0. The summed E-state index contributed by atoms with van der Waals surface area (Å²) in [6, 6.07) is 91.6. The van der Waals surface area contributed by atoms with Crippen LogP contribution in [0.2, 0.25) is 0 Å². The summed E-state index contributed by atoms with van der Waals surface area (Å²) in [5.41, 5.74) is 16.2. The van der Waals surface area contributed by atoms with Crippen LogP contribution in [-0.4, -0.2) is 0 Å². The second-order valence-electron chi connectivity index (χ2n) is 17.9. The highest BCUT2D eigenvalue weighted by Crippen LogP contribution is 2.41. The van der Waals surface area contributed by atoms with Gasteiger partial charge >= 0.3 is 0 Å². The number of para-hydroxylation sites is 2. The zero-order valence-corrected chi connectivity index (χ0v) is 39.0. The van der Waals surface area contributed by atoms with Crippen molar-refractivity contribution in [2.45, 2.75) is 44.9 Å². The molecular formula is C65H58N2. The summed E-state index contributed by atoms with van der Waals surface area (Å²) in [6.07, 6.45) is 5.53. The van der Waals surface area contributed by atoms with Crippen LogP contribution >= 0.6 is 0 Å². The van der Waals surface area contributed by atoms with Crippen molar-refractivity contribution in [1.29, 1.82) is 0 Å². The first kappa shape index (κ1) is 44.3. The van der Waals surface area contributed by atoms with Crippen molar-refractivity contribution < 1.29 is 0 Å². The van der Waals surface area contributed by atoms with Crippen molar-refractivity contribution >= 4 is 33.9 Å². The highest BCUT2D eigenvalue weighted by atomic mass is 15.1. The Labute approximate surface area is 398 Å². The third kappa shape index (κ3) is 9.71. The fourth-order valence-corrected chi connectivity index (χ4v) is 9.16. The molecule has 9 aromatic carbocycles. The number of nitrogens with zero attached hydrogens (tertiary/aromatic N) is 2. The Morgan fingerprint density at radius 2 is 0.552 bits per heavy atom. The van der Waals surface area contributed by atoms with Gasteiger partial charge < -0.3 is 9.80 Å². The van der Waals surface area contributed by atoms with Crippen LogP contribution in [0, 0.1) is 0 Å². The van der Waals surface area contributed by atoms with Gasteiger partial charge in [-0.25, -0.2) is 0 Å². The molecule has 2 heteroatoms. The van der Waals surface area contributed by atoms with Crippen LogP contribution in [0.1, 0.15) is 78.6 Å². The van der Waals surface area contributed by atoms with E-state index in [1.165, 1.54) is 44.5 Å². The van der Waals surface area contributed by atoms with Crippen molar-refractivity contribution in [2.75, 3.05) is 9.80 Å². The van der Waals surface area contributed by atoms with E-state index in [-0.39, 0.29) is 10.8 Å². The average Bonchev–Trinajstić information content (AvgIpc) is 3.41. The van der Waals surface area contributed by atoms with Crippen LogP contribution in [0.25, 0.3) is 11.1 Å². The molecule has 2 nitrogen and oxygen atoms in total. The predicted octanol–water partition coefficient (Wildman–Crippen LogP) is 17.2. The van der Waals surface area contributed by atoms with E-state index in [1.807, 2.05) is 0 Å². The average molecular weight is 867 g/mol. The van der Waals surface area contributed by atoms with E-state index in [0.29, 0.717) is 0 Å². The first-order valence-corrected chi connectivity index (χ1v) is 23.5. The van der Waals surface area contributed by atoms with E-state index in [0.717, 1.165) is 40.3 Å². The van der Waals surface area contributed by atoms with Gasteiger partial charge in [0.1, 0.15) is 0 Å². The smallest absolute Gasteiger partial charge is 0.0455 e. The van der Waals surface area contributed by atoms with Crippen LogP contribution in [0.3, 0.4) is 0 Å². The van der Waals surface area contributed by atoms with Gasteiger partial charge in [0.25, 0.3) is 0 Å². The highest BCUT2D eigenvalue weighted by Gasteiger charge is 2.29. The van der Waals surface area contributed by atoms with E-state index in [9.17, 15) is 0 Å². The van der Waals surface area contributed by atoms with Crippen molar-refractivity contribution in [2.24, 2.45) is 0 Å². The first-order chi connectivity index (χ1) is 32.8. The van der Waals surface area contributed by atoms with Crippen LogP contribution in [-0.2, 0) is 10.8 Å². The van der Waals surface area contributed by atoms with Crippen molar-refractivity contribution in [1.82, 2.24) is 0 Å². The number of rotatable bonds is 15. The van der Waals surface area contributed by atoms with Gasteiger partial charge in [0.05, 0.1) is 0 Å². The largest absolute Gasteiger partial charge is 0.317 e. The molecule has 1 atom stereocenters. The Morgan fingerprint density at radius 1 is 0.313 bits per heavy atom. The molecule has 0 aromatic heterocycles. The summed E-state index contributed by atoms with van der Waals surface area (Å²) >= 11 is 0. The van der Waals surface area contributed by atoms with Crippen LogP contribution < -0.4 is 9.80 Å². The minimum absolute atomic E-state index is 0.178. The Balaban J connectivity index is 0.997. The van der Waals surface area contributed by atoms with E-state index in [2.05, 4.69) is 305 Å². The standard InChI is InChI=1S/C65H58N2/c1-5-65(4,57-42-46-61(47-43-57)67(59-34-22-11-23-35-59)49-63(52-28-16-8-17-29-52)53-30-18-9-19-31-53)56-38-36-54(37-39-56)64(2,3)55-40-44-60(45-41-55)66(58-32-20-10-21-33-58)48-62(50-24-12-6-13-25-50)51-26-14-7-15-27-51/h6-49H,5H2,1-4H3. The predicted molar refractivity (Wildman–Crippen MR) is 285 cm³/mol. The maximum atomic E-state index is 2.38. The molecule has 9 aromatic rings. The van der Waals surface area contributed by atoms with E-state index >= 15 is 0 Å². The van der Waals surface area contributed by atoms with Gasteiger partial charge in [0.2, 0.25) is 0 Å². The van der Waals surface area contributed by atoms with E-state index in [4.69, 9.17) is 0 Å². The van der Waals surface area contributed by atoms with Gasteiger partial charge in [-0.15, -0.1) is 0 Å². The quantitative estimate of drug-likeness (QED) is 0.101. The molecule has 0 bridgehead atoms. The monoisotopic (exact) mass is 866 g/mol. The molecule has 67 heavy (non-hydrogen) atoms. The molecule has 0 spiro atoms. The maximum Gasteiger partial charge on any atom is 0.0455 e. The fourth-order valence-electron chi connectivity index (χ4n) is 9.16. The van der Waals surface area contributed by atoms with Crippen LogP contribution in [0.4, 0.5) is 22.7 Å². The molecule has 0 fully saturated rings. The molecule has 0 saturated heterocycles. The molecule has 0 aliphatic rings. The highest BCUT2D eigenvalue weighted by molar-refractivity contribution is 5.85. The topological polar surface area (TPSA) is 6.48 Å². The number of hydrogen-bond acceptors (Lipinski definition) is 2. The summed E-state index contributed by atoms with van der Waals surface area (Å²) in [7, 11) is 0. The van der Waals surface area contributed by atoms with Crippen LogP contribution in [0.15, 0.2) is 267 Å². The molecule has 328 valence electrons. The third-order valence-corrected chi connectivity index (χ3v) is 13.5. The lowest BCUT2D eigenvalue weighted by Crippen LogP contribution is -2.24. The number of benzene rings is 9. The van der Waals surface area contributed by atoms with E-state index in [1.54, 1.807) is 0 Å². The molecule has 0 heterocycles. The van der Waals surface area contributed by atoms with Gasteiger partial charge in [-0.3, -0.25) is 0 Å². The molecule has 0 saturated carbocycles. The normalized spacial score (nSPS) is 12.1. The molecular weight excluding hydrogens is 809 g/mol. The zero-order chi connectivity index (χ0) is 46.1. The summed E-state index contributed by atoms with van der Waals surface area (Å²) in [5.74, 6) is 0. The Morgan fingerprint density at radius 3 is 0.851 bits per heavy atom. The van der Waals surface area contributed by atoms with Crippen LogP contribution in [0.5, 0.6) is 0 Å². The Hall–Kier alpha value is -7.94. The molecule has 0 aliphatic heterocycles. The SMILES string of the molecule is CCC(C)(c1ccc(N(C=C(c2ccccc2)c2ccccc2)c2ccccc2)cc1)c1ccc(C(C)(C)c2ccc(N(C=C(c3ccccc3)c3ccccc3)c3ccccc3)cc2)cc1. The van der Waals surface area contributed by atoms with Crippen molar-refractivity contribution in [3.8, 4) is 0 Å². The maximum absolute atomic E-state index is 2.38. The fraction of sp³-hybridized carbons (Fsp3) is 0.108. The Bertz CT molecular complexity index is 2930. The van der Waals surface area contributed by atoms with Gasteiger partial charge in [-0.1, -0.05) is 234 Å². The lowest BCUT2D eigenvalue weighted by Gasteiger charge is -2.32. The number of hydrogen-bond donors (Lipinski definition) is 0. The van der Waals surface area contributed by atoms with Gasteiger partial charge in [-0.2, -0.15) is 0 Å². The van der Waals surface area contributed by atoms with Crippen molar-refractivity contribution in [3.63, 3.8) is 0 Å².